The zero-order valence-electron chi connectivity index (χ0n) is 17.2. The van der Waals surface area contributed by atoms with Crippen molar-refractivity contribution in [3.63, 3.8) is 0 Å². The van der Waals surface area contributed by atoms with Crippen molar-refractivity contribution in [2.24, 2.45) is 0 Å². The molecule has 7 heteroatoms. The van der Waals surface area contributed by atoms with E-state index in [0.29, 0.717) is 26.2 Å². The SMILES string of the molecule is COc1ccc(N2CCN(C(=O)C[NH+](C)CC(=O)NC(C)(C)C)CC2)cc1. The van der Waals surface area contributed by atoms with E-state index in [9.17, 15) is 9.59 Å². The minimum atomic E-state index is -0.251. The number of rotatable bonds is 6. The van der Waals surface area contributed by atoms with E-state index in [0.717, 1.165) is 29.4 Å². The molecule has 1 heterocycles. The Hall–Kier alpha value is -2.28. The maximum absolute atomic E-state index is 12.5. The molecule has 2 N–H and O–H groups in total. The fourth-order valence-corrected chi connectivity index (χ4v) is 3.18. The first-order chi connectivity index (χ1) is 12.7. The molecule has 1 aromatic rings. The third-order valence-electron chi connectivity index (χ3n) is 4.50. The largest absolute Gasteiger partial charge is 0.497 e. The second-order valence-corrected chi connectivity index (χ2v) is 8.17. The van der Waals surface area contributed by atoms with Gasteiger partial charge >= 0.3 is 0 Å². The van der Waals surface area contributed by atoms with E-state index < -0.39 is 0 Å². The molecular weight excluding hydrogens is 344 g/mol. The Morgan fingerprint density at radius 2 is 1.67 bits per heavy atom. The summed E-state index contributed by atoms with van der Waals surface area (Å²) in [7, 11) is 3.54. The quantitative estimate of drug-likeness (QED) is 0.719. The van der Waals surface area contributed by atoms with Crippen molar-refractivity contribution < 1.29 is 19.2 Å². The van der Waals surface area contributed by atoms with Gasteiger partial charge in [-0.2, -0.15) is 0 Å². The van der Waals surface area contributed by atoms with Crippen LogP contribution in [0.1, 0.15) is 20.8 Å². The van der Waals surface area contributed by atoms with Crippen molar-refractivity contribution in [1.29, 1.82) is 0 Å². The molecule has 1 aliphatic heterocycles. The first-order valence-corrected chi connectivity index (χ1v) is 9.47. The third-order valence-corrected chi connectivity index (χ3v) is 4.50. The summed E-state index contributed by atoms with van der Waals surface area (Å²) in [5, 5.41) is 2.93. The number of nitrogens with one attached hydrogen (secondary N) is 2. The Bertz CT molecular complexity index is 632. The van der Waals surface area contributed by atoms with Crippen LogP contribution in [0.2, 0.25) is 0 Å². The topological polar surface area (TPSA) is 66.3 Å². The molecule has 150 valence electrons. The average molecular weight is 378 g/mol. The van der Waals surface area contributed by atoms with Gasteiger partial charge in [0.25, 0.3) is 11.8 Å². The van der Waals surface area contributed by atoms with Crippen molar-refractivity contribution in [1.82, 2.24) is 10.2 Å². The summed E-state index contributed by atoms with van der Waals surface area (Å²) in [5.41, 5.74) is 0.892. The lowest BCUT2D eigenvalue weighted by atomic mass is 10.1. The molecule has 0 saturated carbocycles. The normalized spacial score (nSPS) is 16.0. The summed E-state index contributed by atoms with van der Waals surface area (Å²) in [6.07, 6.45) is 0. The number of ether oxygens (including phenoxy) is 1. The number of quaternary nitrogens is 1. The van der Waals surface area contributed by atoms with Gasteiger partial charge in [-0.3, -0.25) is 9.59 Å². The average Bonchev–Trinajstić information content (AvgIpc) is 2.60. The van der Waals surface area contributed by atoms with Crippen LogP contribution in [0.3, 0.4) is 0 Å². The molecule has 1 fully saturated rings. The number of hydrogen-bond acceptors (Lipinski definition) is 4. The van der Waals surface area contributed by atoms with Gasteiger partial charge in [0, 0.05) is 37.4 Å². The van der Waals surface area contributed by atoms with Gasteiger partial charge in [0.05, 0.1) is 14.2 Å². The lowest BCUT2D eigenvalue weighted by molar-refractivity contribution is -0.863. The monoisotopic (exact) mass is 377 g/mol. The predicted octanol–water partition coefficient (Wildman–Crippen LogP) is -0.227. The van der Waals surface area contributed by atoms with E-state index in [4.69, 9.17) is 4.74 Å². The fraction of sp³-hybridized carbons (Fsp3) is 0.600. The predicted molar refractivity (Wildman–Crippen MR) is 106 cm³/mol. The zero-order chi connectivity index (χ0) is 20.0. The second-order valence-electron chi connectivity index (χ2n) is 8.17. The molecule has 2 amide bonds. The number of benzene rings is 1. The number of carbonyl (C=O) groups excluding carboxylic acids is 2. The number of hydrogen-bond donors (Lipinski definition) is 2. The van der Waals surface area contributed by atoms with Crippen molar-refractivity contribution >= 4 is 17.5 Å². The highest BCUT2D eigenvalue weighted by atomic mass is 16.5. The molecule has 0 aliphatic carbocycles. The summed E-state index contributed by atoms with van der Waals surface area (Å²) in [6, 6.07) is 7.99. The molecule has 2 rings (SSSR count). The van der Waals surface area contributed by atoms with Crippen molar-refractivity contribution in [3.8, 4) is 5.75 Å². The van der Waals surface area contributed by atoms with Crippen LogP contribution in [0.4, 0.5) is 5.69 Å². The first-order valence-electron chi connectivity index (χ1n) is 9.47. The van der Waals surface area contributed by atoms with E-state index >= 15 is 0 Å². The van der Waals surface area contributed by atoms with Crippen molar-refractivity contribution in [2.45, 2.75) is 26.3 Å². The number of likely N-dealkylation sites (N-methyl/N-ethyl adjacent to an activating group) is 1. The summed E-state index contributed by atoms with van der Waals surface area (Å²) in [6.45, 7) is 9.51. The first kappa shape index (κ1) is 21.0. The molecule has 7 nitrogen and oxygen atoms in total. The number of nitrogens with zero attached hydrogens (tertiary/aromatic N) is 2. The molecule has 1 aliphatic rings. The Kier molecular flexibility index (Phi) is 7.07. The number of piperazine rings is 1. The molecule has 1 unspecified atom stereocenters. The Morgan fingerprint density at radius 1 is 1.07 bits per heavy atom. The second kappa shape index (κ2) is 9.08. The van der Waals surface area contributed by atoms with Gasteiger partial charge < -0.3 is 24.8 Å². The molecule has 27 heavy (non-hydrogen) atoms. The van der Waals surface area contributed by atoms with Crippen LogP contribution in [0.25, 0.3) is 0 Å². The number of carbonyl (C=O) groups is 2. The van der Waals surface area contributed by atoms with Gasteiger partial charge in [-0.05, 0) is 45.0 Å². The molecule has 0 radical (unpaired) electrons. The number of amides is 2. The van der Waals surface area contributed by atoms with Crippen LogP contribution in [-0.4, -0.2) is 75.7 Å². The van der Waals surface area contributed by atoms with E-state index in [1.807, 2.05) is 57.0 Å². The van der Waals surface area contributed by atoms with Gasteiger partial charge in [0.2, 0.25) is 0 Å². The van der Waals surface area contributed by atoms with Crippen LogP contribution in [0.15, 0.2) is 24.3 Å². The number of methoxy groups -OCH3 is 1. The van der Waals surface area contributed by atoms with Gasteiger partial charge in [0.1, 0.15) is 5.75 Å². The molecule has 0 bridgehead atoms. The lowest BCUT2D eigenvalue weighted by Crippen LogP contribution is -3.11. The van der Waals surface area contributed by atoms with Crippen LogP contribution in [0, 0.1) is 0 Å². The van der Waals surface area contributed by atoms with Gasteiger partial charge in [0.15, 0.2) is 13.1 Å². The lowest BCUT2D eigenvalue weighted by Gasteiger charge is -2.36. The zero-order valence-corrected chi connectivity index (χ0v) is 17.2. The maximum atomic E-state index is 12.5. The molecule has 1 atom stereocenters. The summed E-state index contributed by atoms with van der Waals surface area (Å²) in [5.74, 6) is 0.914. The van der Waals surface area contributed by atoms with Crippen LogP contribution < -0.4 is 19.9 Å². The molecule has 1 saturated heterocycles. The van der Waals surface area contributed by atoms with E-state index in [2.05, 4.69) is 10.2 Å². The van der Waals surface area contributed by atoms with Gasteiger partial charge in [-0.1, -0.05) is 0 Å². The fourth-order valence-electron chi connectivity index (χ4n) is 3.18. The van der Waals surface area contributed by atoms with E-state index in [1.165, 1.54) is 0 Å². The minimum Gasteiger partial charge on any atom is -0.497 e. The third kappa shape index (κ3) is 6.75. The van der Waals surface area contributed by atoms with E-state index in [1.54, 1.807) is 7.11 Å². The highest BCUT2D eigenvalue weighted by Gasteiger charge is 2.25. The minimum absolute atomic E-state index is 0.0304. The maximum Gasteiger partial charge on any atom is 0.277 e. The number of anilines is 1. The Morgan fingerprint density at radius 3 is 2.19 bits per heavy atom. The van der Waals surface area contributed by atoms with Gasteiger partial charge in [-0.15, -0.1) is 0 Å². The van der Waals surface area contributed by atoms with Crippen molar-refractivity contribution in [2.75, 3.05) is 58.3 Å². The molecule has 1 aromatic carbocycles. The summed E-state index contributed by atoms with van der Waals surface area (Å²) >= 11 is 0. The highest BCUT2D eigenvalue weighted by molar-refractivity contribution is 5.79. The molecular formula is C20H33N4O3+. The highest BCUT2D eigenvalue weighted by Crippen LogP contribution is 2.20. The van der Waals surface area contributed by atoms with Crippen LogP contribution in [0.5, 0.6) is 5.75 Å². The van der Waals surface area contributed by atoms with Crippen molar-refractivity contribution in [3.05, 3.63) is 24.3 Å². The Labute approximate surface area is 162 Å². The summed E-state index contributed by atoms with van der Waals surface area (Å²) < 4.78 is 5.19. The Balaban J connectivity index is 1.77. The smallest absolute Gasteiger partial charge is 0.277 e. The molecule has 0 aromatic heterocycles. The van der Waals surface area contributed by atoms with Gasteiger partial charge in [-0.25, -0.2) is 0 Å². The molecule has 0 spiro atoms. The van der Waals surface area contributed by atoms with Crippen LogP contribution >= 0.6 is 0 Å². The standard InChI is InChI=1S/C20H32N4O3/c1-20(2,3)21-18(25)14-22(4)15-19(26)24-12-10-23(11-13-24)16-6-8-17(27-5)9-7-16/h6-9H,10-15H2,1-5H3,(H,21,25)/p+1. The summed E-state index contributed by atoms with van der Waals surface area (Å²) in [4.78, 5) is 29.6. The van der Waals surface area contributed by atoms with E-state index in [-0.39, 0.29) is 17.4 Å². The van der Waals surface area contributed by atoms with Crippen LogP contribution in [-0.2, 0) is 9.59 Å².